The number of hydrogen-bond donors (Lipinski definition) is 0. The Morgan fingerprint density at radius 1 is 0.731 bits per heavy atom. The van der Waals surface area contributed by atoms with Gasteiger partial charge in [0.2, 0.25) is 0 Å². The van der Waals surface area contributed by atoms with Crippen molar-refractivity contribution in [2.45, 2.75) is 25.7 Å². The molecule has 140 valence electrons. The molecule has 0 spiro atoms. The van der Waals surface area contributed by atoms with Crippen LogP contribution in [0.1, 0.15) is 24.0 Å². The van der Waals surface area contributed by atoms with Crippen molar-refractivity contribution >= 4 is 11.4 Å². The third kappa shape index (κ3) is 4.87. The summed E-state index contributed by atoms with van der Waals surface area (Å²) < 4.78 is 0. The topological polar surface area (TPSA) is 9.72 Å². The Morgan fingerprint density at radius 2 is 1.27 bits per heavy atom. The van der Waals surface area contributed by atoms with Crippen molar-refractivity contribution in [2.24, 2.45) is 0 Å². The lowest BCUT2D eigenvalue weighted by Gasteiger charge is -2.28. The van der Waals surface area contributed by atoms with E-state index in [9.17, 15) is 0 Å². The summed E-state index contributed by atoms with van der Waals surface area (Å²) >= 11 is 0. The lowest BCUT2D eigenvalue weighted by atomic mass is 10.0. The van der Waals surface area contributed by atoms with Gasteiger partial charge in [-0.2, -0.15) is 0 Å². The standard InChI is InChI=1S/C23H33N3/c1-24(2)16-8-17-25(3)18-9-19-26-22-12-6-4-10-20(22)14-15-21-11-5-7-13-23(21)26/h4-7,10-13H,8-9,14-19H2,1-3H3. The first kappa shape index (κ1) is 18.9. The summed E-state index contributed by atoms with van der Waals surface area (Å²) in [6, 6.07) is 17.9. The van der Waals surface area contributed by atoms with Gasteiger partial charge in [0.15, 0.2) is 0 Å². The van der Waals surface area contributed by atoms with Crippen LogP contribution in [0.3, 0.4) is 0 Å². The van der Waals surface area contributed by atoms with Crippen LogP contribution < -0.4 is 4.90 Å². The van der Waals surface area contributed by atoms with Crippen LogP contribution in [0.25, 0.3) is 0 Å². The predicted octanol–water partition coefficient (Wildman–Crippen LogP) is 4.20. The predicted molar refractivity (Wildman–Crippen MR) is 113 cm³/mol. The number of anilines is 2. The average molecular weight is 352 g/mol. The van der Waals surface area contributed by atoms with Crippen LogP contribution in [-0.2, 0) is 12.8 Å². The molecule has 0 bridgehead atoms. The van der Waals surface area contributed by atoms with Gasteiger partial charge in [0.25, 0.3) is 0 Å². The van der Waals surface area contributed by atoms with E-state index in [4.69, 9.17) is 0 Å². The minimum atomic E-state index is 1.08. The van der Waals surface area contributed by atoms with Gasteiger partial charge in [0, 0.05) is 17.9 Å². The van der Waals surface area contributed by atoms with Crippen molar-refractivity contribution in [3.05, 3.63) is 59.7 Å². The molecule has 0 amide bonds. The number of nitrogens with zero attached hydrogens (tertiary/aromatic N) is 3. The van der Waals surface area contributed by atoms with Crippen molar-refractivity contribution in [1.29, 1.82) is 0 Å². The molecule has 1 aliphatic heterocycles. The van der Waals surface area contributed by atoms with Crippen molar-refractivity contribution < 1.29 is 0 Å². The van der Waals surface area contributed by atoms with Crippen LogP contribution in [0.2, 0.25) is 0 Å². The highest BCUT2D eigenvalue weighted by Gasteiger charge is 2.19. The van der Waals surface area contributed by atoms with Gasteiger partial charge in [0.1, 0.15) is 0 Å². The van der Waals surface area contributed by atoms with Crippen LogP contribution in [0, 0.1) is 0 Å². The van der Waals surface area contributed by atoms with E-state index in [0.29, 0.717) is 0 Å². The summed E-state index contributed by atoms with van der Waals surface area (Å²) in [5, 5.41) is 0. The molecule has 0 radical (unpaired) electrons. The maximum absolute atomic E-state index is 2.55. The fourth-order valence-electron chi connectivity index (χ4n) is 3.88. The summed E-state index contributed by atoms with van der Waals surface area (Å²) in [4.78, 5) is 7.28. The third-order valence-electron chi connectivity index (χ3n) is 5.30. The molecule has 1 aliphatic rings. The summed E-state index contributed by atoms with van der Waals surface area (Å²) in [5.41, 5.74) is 5.74. The summed E-state index contributed by atoms with van der Waals surface area (Å²) in [7, 11) is 6.54. The van der Waals surface area contributed by atoms with Crippen molar-refractivity contribution in [3.63, 3.8) is 0 Å². The minimum Gasteiger partial charge on any atom is -0.341 e. The van der Waals surface area contributed by atoms with Gasteiger partial charge in [-0.25, -0.2) is 0 Å². The van der Waals surface area contributed by atoms with Crippen molar-refractivity contribution in [1.82, 2.24) is 9.80 Å². The molecule has 0 aliphatic carbocycles. The maximum atomic E-state index is 2.55. The Hall–Kier alpha value is -1.84. The second-order valence-electron chi connectivity index (χ2n) is 7.72. The zero-order chi connectivity index (χ0) is 18.4. The van der Waals surface area contributed by atoms with E-state index in [1.807, 2.05) is 0 Å². The molecule has 3 rings (SSSR count). The zero-order valence-corrected chi connectivity index (χ0v) is 16.6. The lowest BCUT2D eigenvalue weighted by molar-refractivity contribution is 0.299. The highest BCUT2D eigenvalue weighted by atomic mass is 15.2. The fraction of sp³-hybridized carbons (Fsp3) is 0.478. The molecule has 26 heavy (non-hydrogen) atoms. The van der Waals surface area contributed by atoms with Gasteiger partial charge in [-0.3, -0.25) is 0 Å². The van der Waals surface area contributed by atoms with E-state index in [0.717, 1.165) is 32.5 Å². The van der Waals surface area contributed by atoms with Gasteiger partial charge in [-0.1, -0.05) is 36.4 Å². The number of benzene rings is 2. The second-order valence-corrected chi connectivity index (χ2v) is 7.72. The fourth-order valence-corrected chi connectivity index (χ4v) is 3.88. The van der Waals surface area contributed by atoms with Crippen LogP contribution in [-0.4, -0.2) is 57.1 Å². The normalized spacial score (nSPS) is 13.7. The highest BCUT2D eigenvalue weighted by molar-refractivity contribution is 5.71. The van der Waals surface area contributed by atoms with Crippen LogP contribution in [0.15, 0.2) is 48.5 Å². The zero-order valence-electron chi connectivity index (χ0n) is 16.6. The largest absolute Gasteiger partial charge is 0.341 e. The van der Waals surface area contributed by atoms with Gasteiger partial charge < -0.3 is 14.7 Å². The minimum absolute atomic E-state index is 1.08. The van der Waals surface area contributed by atoms with Crippen molar-refractivity contribution in [2.75, 3.05) is 52.2 Å². The smallest absolute Gasteiger partial charge is 0.0443 e. The first-order valence-corrected chi connectivity index (χ1v) is 9.92. The van der Waals surface area contributed by atoms with Crippen LogP contribution in [0.4, 0.5) is 11.4 Å². The Morgan fingerprint density at radius 3 is 1.85 bits per heavy atom. The second kappa shape index (κ2) is 9.20. The van der Waals surface area contributed by atoms with E-state index in [-0.39, 0.29) is 0 Å². The SMILES string of the molecule is CN(C)CCCN(C)CCCN1c2ccccc2CCc2ccccc21. The number of rotatable bonds is 8. The van der Waals surface area contributed by atoms with E-state index in [2.05, 4.69) is 84.4 Å². The monoisotopic (exact) mass is 351 g/mol. The van der Waals surface area contributed by atoms with Gasteiger partial charge >= 0.3 is 0 Å². The number of hydrogen-bond acceptors (Lipinski definition) is 3. The molecule has 3 heteroatoms. The molecule has 0 saturated carbocycles. The molecule has 0 atom stereocenters. The average Bonchev–Trinajstić information content (AvgIpc) is 2.79. The third-order valence-corrected chi connectivity index (χ3v) is 5.30. The number of para-hydroxylation sites is 2. The van der Waals surface area contributed by atoms with Gasteiger partial charge in [-0.05, 0) is 89.7 Å². The van der Waals surface area contributed by atoms with Crippen LogP contribution >= 0.6 is 0 Å². The van der Waals surface area contributed by atoms with Gasteiger partial charge in [-0.15, -0.1) is 0 Å². The molecule has 0 fully saturated rings. The summed E-state index contributed by atoms with van der Waals surface area (Å²) in [6.45, 7) is 4.56. The van der Waals surface area contributed by atoms with E-state index < -0.39 is 0 Å². The van der Waals surface area contributed by atoms with E-state index >= 15 is 0 Å². The van der Waals surface area contributed by atoms with E-state index in [1.54, 1.807) is 0 Å². The maximum Gasteiger partial charge on any atom is 0.0443 e. The number of fused-ring (bicyclic) bond motifs is 2. The Balaban J connectivity index is 1.65. The van der Waals surface area contributed by atoms with Crippen LogP contribution in [0.5, 0.6) is 0 Å². The molecule has 2 aromatic carbocycles. The molecular formula is C23H33N3. The lowest BCUT2D eigenvalue weighted by Crippen LogP contribution is -2.28. The molecule has 0 aromatic heterocycles. The quantitative estimate of drug-likeness (QED) is 0.706. The molecule has 0 saturated heterocycles. The highest BCUT2D eigenvalue weighted by Crippen LogP contribution is 2.35. The molecule has 1 heterocycles. The first-order valence-electron chi connectivity index (χ1n) is 9.92. The molecule has 3 nitrogen and oxygen atoms in total. The first-order chi connectivity index (χ1) is 12.6. The Kier molecular flexibility index (Phi) is 6.70. The molecular weight excluding hydrogens is 318 g/mol. The van der Waals surface area contributed by atoms with Gasteiger partial charge in [0.05, 0.1) is 0 Å². The summed E-state index contributed by atoms with van der Waals surface area (Å²) in [5.74, 6) is 0. The Labute approximate surface area is 159 Å². The molecule has 0 unspecified atom stereocenters. The Bertz CT molecular complexity index is 648. The molecule has 2 aromatic rings. The van der Waals surface area contributed by atoms with E-state index in [1.165, 1.54) is 41.9 Å². The number of aryl methyl sites for hydroxylation is 2. The molecule has 0 N–H and O–H groups in total. The van der Waals surface area contributed by atoms with Crippen molar-refractivity contribution in [3.8, 4) is 0 Å². The summed E-state index contributed by atoms with van der Waals surface area (Å²) in [6.07, 6.45) is 4.68.